The van der Waals surface area contributed by atoms with Crippen molar-refractivity contribution in [2.75, 3.05) is 26.4 Å². The fraction of sp³-hybridized carbons (Fsp3) is 0.400. The Labute approximate surface area is 147 Å². The molecule has 1 saturated heterocycles. The summed E-state index contributed by atoms with van der Waals surface area (Å²) in [5, 5.41) is 13.7. The van der Waals surface area contributed by atoms with Gasteiger partial charge in [0.2, 0.25) is 0 Å². The normalized spacial score (nSPS) is 17.8. The molecule has 2 N–H and O–H groups in total. The lowest BCUT2D eigenvalue weighted by molar-refractivity contribution is 0.0257. The highest BCUT2D eigenvalue weighted by Crippen LogP contribution is 2.32. The van der Waals surface area contributed by atoms with E-state index in [2.05, 4.69) is 5.32 Å². The molecular formula is C20H24FNO3. The van der Waals surface area contributed by atoms with Crippen LogP contribution >= 0.6 is 0 Å². The van der Waals surface area contributed by atoms with Gasteiger partial charge < -0.3 is 19.9 Å². The standard InChI is InChI=1S/C20H24FNO3/c21-17-6-4-5-16(13-17)20(9-11-24-12-10-20)22-14-18(23)15-25-19-7-2-1-3-8-19/h1-8,13,18,22-23H,9-12,14-15H2/t18-/m0/s1. The summed E-state index contributed by atoms with van der Waals surface area (Å²) in [6, 6.07) is 16.1. The number of hydrogen-bond donors (Lipinski definition) is 2. The van der Waals surface area contributed by atoms with Gasteiger partial charge in [0, 0.05) is 25.3 Å². The molecule has 0 saturated carbocycles. The molecule has 2 aromatic rings. The van der Waals surface area contributed by atoms with E-state index in [4.69, 9.17) is 9.47 Å². The zero-order valence-electron chi connectivity index (χ0n) is 14.2. The first kappa shape index (κ1) is 17.9. The van der Waals surface area contributed by atoms with Gasteiger partial charge in [-0.3, -0.25) is 0 Å². The van der Waals surface area contributed by atoms with Gasteiger partial charge in [-0.15, -0.1) is 0 Å². The molecule has 0 amide bonds. The fourth-order valence-electron chi connectivity index (χ4n) is 3.15. The number of para-hydroxylation sites is 1. The first-order chi connectivity index (χ1) is 12.2. The van der Waals surface area contributed by atoms with Crippen LogP contribution in [0.25, 0.3) is 0 Å². The molecule has 0 spiro atoms. The number of hydrogen-bond acceptors (Lipinski definition) is 4. The van der Waals surface area contributed by atoms with Gasteiger partial charge >= 0.3 is 0 Å². The van der Waals surface area contributed by atoms with Crippen molar-refractivity contribution in [1.29, 1.82) is 0 Å². The highest BCUT2D eigenvalue weighted by atomic mass is 19.1. The van der Waals surface area contributed by atoms with Gasteiger partial charge in [-0.2, -0.15) is 0 Å². The third kappa shape index (κ3) is 4.78. The van der Waals surface area contributed by atoms with E-state index in [1.54, 1.807) is 12.1 Å². The van der Waals surface area contributed by atoms with Crippen LogP contribution in [0.2, 0.25) is 0 Å². The summed E-state index contributed by atoms with van der Waals surface area (Å²) < 4.78 is 24.7. The maximum atomic E-state index is 13.7. The van der Waals surface area contributed by atoms with Crippen LogP contribution < -0.4 is 10.1 Å². The number of rotatable bonds is 7. The Hall–Kier alpha value is -1.95. The molecule has 1 fully saturated rings. The fourth-order valence-corrected chi connectivity index (χ4v) is 3.15. The number of halogens is 1. The maximum absolute atomic E-state index is 13.7. The number of aliphatic hydroxyl groups excluding tert-OH is 1. The molecule has 1 aliphatic rings. The summed E-state index contributed by atoms with van der Waals surface area (Å²) in [4.78, 5) is 0. The van der Waals surface area contributed by atoms with Crippen LogP contribution in [0.1, 0.15) is 18.4 Å². The van der Waals surface area contributed by atoms with Gasteiger partial charge in [0.1, 0.15) is 24.3 Å². The topological polar surface area (TPSA) is 50.7 Å². The van der Waals surface area contributed by atoms with E-state index >= 15 is 0 Å². The van der Waals surface area contributed by atoms with E-state index < -0.39 is 6.10 Å². The van der Waals surface area contributed by atoms with Gasteiger partial charge in [0.15, 0.2) is 0 Å². The molecule has 25 heavy (non-hydrogen) atoms. The lowest BCUT2D eigenvalue weighted by atomic mass is 9.82. The summed E-state index contributed by atoms with van der Waals surface area (Å²) in [6.07, 6.45) is 0.819. The van der Waals surface area contributed by atoms with Crippen LogP contribution in [-0.2, 0) is 10.3 Å². The van der Waals surface area contributed by atoms with Gasteiger partial charge in [-0.25, -0.2) is 4.39 Å². The van der Waals surface area contributed by atoms with Crippen molar-refractivity contribution in [3.8, 4) is 5.75 Å². The van der Waals surface area contributed by atoms with E-state index in [1.165, 1.54) is 6.07 Å². The Morgan fingerprint density at radius 1 is 1.12 bits per heavy atom. The predicted octanol–water partition coefficient (Wildman–Crippen LogP) is 2.86. The van der Waals surface area contributed by atoms with Crippen LogP contribution in [0.4, 0.5) is 4.39 Å². The minimum Gasteiger partial charge on any atom is -0.491 e. The second-order valence-corrected chi connectivity index (χ2v) is 6.36. The Kier molecular flexibility index (Phi) is 6.02. The lowest BCUT2D eigenvalue weighted by Crippen LogP contribution is -2.50. The Morgan fingerprint density at radius 2 is 1.88 bits per heavy atom. The number of benzene rings is 2. The summed E-state index contributed by atoms with van der Waals surface area (Å²) in [5.41, 5.74) is 0.514. The number of ether oxygens (including phenoxy) is 2. The smallest absolute Gasteiger partial charge is 0.123 e. The van der Waals surface area contributed by atoms with Crippen molar-refractivity contribution in [3.05, 3.63) is 66.0 Å². The molecule has 0 aromatic heterocycles. The van der Waals surface area contributed by atoms with Crippen LogP contribution in [-0.4, -0.2) is 37.6 Å². The average molecular weight is 345 g/mol. The molecule has 0 bridgehead atoms. The molecule has 1 atom stereocenters. The minimum atomic E-state index is -0.659. The summed E-state index contributed by atoms with van der Waals surface area (Å²) in [5.74, 6) is 0.477. The second-order valence-electron chi connectivity index (χ2n) is 6.36. The van der Waals surface area contributed by atoms with Crippen molar-refractivity contribution in [1.82, 2.24) is 5.32 Å². The molecular weight excluding hydrogens is 321 g/mol. The predicted molar refractivity (Wildman–Crippen MR) is 94.1 cm³/mol. The molecule has 2 aromatic carbocycles. The molecule has 3 rings (SSSR count). The first-order valence-corrected chi connectivity index (χ1v) is 8.63. The monoisotopic (exact) mass is 345 g/mol. The number of nitrogens with one attached hydrogen (secondary N) is 1. The molecule has 0 aliphatic carbocycles. The van der Waals surface area contributed by atoms with Gasteiger partial charge in [0.05, 0.1) is 0 Å². The Morgan fingerprint density at radius 3 is 2.60 bits per heavy atom. The summed E-state index contributed by atoms with van der Waals surface area (Å²) >= 11 is 0. The summed E-state index contributed by atoms with van der Waals surface area (Å²) in [7, 11) is 0. The van der Waals surface area contributed by atoms with Crippen molar-refractivity contribution in [2.45, 2.75) is 24.5 Å². The van der Waals surface area contributed by atoms with E-state index in [9.17, 15) is 9.50 Å². The van der Waals surface area contributed by atoms with Crippen molar-refractivity contribution >= 4 is 0 Å². The minimum absolute atomic E-state index is 0.201. The number of aliphatic hydroxyl groups is 1. The molecule has 4 nitrogen and oxygen atoms in total. The Bertz CT molecular complexity index is 659. The first-order valence-electron chi connectivity index (χ1n) is 8.63. The highest BCUT2D eigenvalue weighted by Gasteiger charge is 2.34. The molecule has 0 unspecified atom stereocenters. The molecule has 134 valence electrons. The third-order valence-electron chi connectivity index (χ3n) is 4.59. The largest absolute Gasteiger partial charge is 0.491 e. The molecule has 0 radical (unpaired) electrons. The average Bonchev–Trinajstić information content (AvgIpc) is 2.66. The van der Waals surface area contributed by atoms with Crippen LogP contribution in [0.3, 0.4) is 0 Å². The highest BCUT2D eigenvalue weighted by molar-refractivity contribution is 5.26. The molecule has 1 heterocycles. The molecule has 5 heteroatoms. The lowest BCUT2D eigenvalue weighted by Gasteiger charge is -2.39. The van der Waals surface area contributed by atoms with E-state index in [0.717, 1.165) is 24.2 Å². The Balaban J connectivity index is 1.61. The van der Waals surface area contributed by atoms with Crippen LogP contribution in [0, 0.1) is 5.82 Å². The van der Waals surface area contributed by atoms with E-state index in [1.807, 2.05) is 36.4 Å². The van der Waals surface area contributed by atoms with Crippen molar-refractivity contribution in [3.63, 3.8) is 0 Å². The molecule has 1 aliphatic heterocycles. The summed E-state index contributed by atoms with van der Waals surface area (Å²) in [6.45, 7) is 1.79. The zero-order chi connectivity index (χ0) is 17.5. The quantitative estimate of drug-likeness (QED) is 0.810. The van der Waals surface area contributed by atoms with Gasteiger partial charge in [-0.1, -0.05) is 30.3 Å². The van der Waals surface area contributed by atoms with Gasteiger partial charge in [0.25, 0.3) is 0 Å². The van der Waals surface area contributed by atoms with Crippen LogP contribution in [0.5, 0.6) is 5.75 Å². The third-order valence-corrected chi connectivity index (χ3v) is 4.59. The van der Waals surface area contributed by atoms with Crippen molar-refractivity contribution < 1.29 is 19.0 Å². The zero-order valence-corrected chi connectivity index (χ0v) is 14.2. The van der Waals surface area contributed by atoms with Crippen molar-refractivity contribution in [2.24, 2.45) is 0 Å². The van der Waals surface area contributed by atoms with E-state index in [0.29, 0.717) is 19.8 Å². The maximum Gasteiger partial charge on any atom is 0.123 e. The SMILES string of the molecule is O[C@@H](CNC1(c2cccc(F)c2)CCOCC1)COc1ccccc1. The second kappa shape index (κ2) is 8.43. The van der Waals surface area contributed by atoms with Gasteiger partial charge in [-0.05, 0) is 42.7 Å². The van der Waals surface area contributed by atoms with E-state index in [-0.39, 0.29) is 18.0 Å². The van der Waals surface area contributed by atoms with Crippen LogP contribution in [0.15, 0.2) is 54.6 Å².